The molecule has 0 saturated heterocycles. The number of thiophene rings is 1. The molecule has 1 aromatic heterocycles. The summed E-state index contributed by atoms with van der Waals surface area (Å²) in [5.74, 6) is 0. The first kappa shape index (κ1) is 11.5. The van der Waals surface area contributed by atoms with Crippen molar-refractivity contribution in [3.63, 3.8) is 0 Å². The van der Waals surface area contributed by atoms with Gasteiger partial charge in [0.15, 0.2) is 0 Å². The van der Waals surface area contributed by atoms with Crippen LogP contribution in [0.1, 0.15) is 22.1 Å². The van der Waals surface area contributed by atoms with Gasteiger partial charge in [0, 0.05) is 9.58 Å². The third-order valence-electron chi connectivity index (χ3n) is 3.11. The van der Waals surface area contributed by atoms with Crippen LogP contribution in [0, 0.1) is 6.92 Å². The van der Waals surface area contributed by atoms with Crippen LogP contribution in [-0.4, -0.2) is 5.11 Å². The maximum atomic E-state index is 10.4. The monoisotopic (exact) mass is 254 g/mol. The molecule has 3 rings (SSSR count). The smallest absolute Gasteiger partial charge is 0.113 e. The number of hydrogen-bond acceptors (Lipinski definition) is 2. The first-order valence-electron chi connectivity index (χ1n) is 5.97. The molecule has 3 aromatic rings. The van der Waals surface area contributed by atoms with Crippen molar-refractivity contribution in [2.45, 2.75) is 13.0 Å². The molecule has 0 aliphatic carbocycles. The van der Waals surface area contributed by atoms with E-state index in [1.165, 1.54) is 15.6 Å². The molecule has 1 heterocycles. The first-order valence-corrected chi connectivity index (χ1v) is 6.79. The van der Waals surface area contributed by atoms with Crippen LogP contribution in [0.15, 0.2) is 54.6 Å². The SMILES string of the molecule is Cc1ccc(C(O)c2cc3ccccc3s2)cc1. The second-order valence-corrected chi connectivity index (χ2v) is 5.62. The molecule has 0 radical (unpaired) electrons. The lowest BCUT2D eigenvalue weighted by Crippen LogP contribution is -1.96. The van der Waals surface area contributed by atoms with Gasteiger partial charge in [0.05, 0.1) is 0 Å². The first-order chi connectivity index (χ1) is 8.74. The molecule has 0 saturated carbocycles. The summed E-state index contributed by atoms with van der Waals surface area (Å²) in [5.41, 5.74) is 2.16. The van der Waals surface area contributed by atoms with Gasteiger partial charge in [-0.05, 0) is 30.0 Å². The van der Waals surface area contributed by atoms with E-state index in [0.29, 0.717) is 0 Å². The highest BCUT2D eigenvalue weighted by atomic mass is 32.1. The molecule has 90 valence electrons. The minimum atomic E-state index is -0.525. The van der Waals surface area contributed by atoms with Crippen molar-refractivity contribution < 1.29 is 5.11 Å². The summed E-state index contributed by atoms with van der Waals surface area (Å²) in [6.07, 6.45) is -0.525. The van der Waals surface area contributed by atoms with Crippen molar-refractivity contribution in [1.29, 1.82) is 0 Å². The van der Waals surface area contributed by atoms with Crippen LogP contribution in [0.2, 0.25) is 0 Å². The van der Waals surface area contributed by atoms with Crippen LogP contribution >= 0.6 is 11.3 Å². The number of aliphatic hydroxyl groups is 1. The van der Waals surface area contributed by atoms with Gasteiger partial charge in [0.1, 0.15) is 6.10 Å². The van der Waals surface area contributed by atoms with Gasteiger partial charge in [0.2, 0.25) is 0 Å². The lowest BCUT2D eigenvalue weighted by atomic mass is 10.1. The minimum Gasteiger partial charge on any atom is -0.383 e. The highest BCUT2D eigenvalue weighted by Crippen LogP contribution is 2.32. The molecular weight excluding hydrogens is 240 g/mol. The van der Waals surface area contributed by atoms with E-state index >= 15 is 0 Å². The number of hydrogen-bond donors (Lipinski definition) is 1. The quantitative estimate of drug-likeness (QED) is 0.723. The fourth-order valence-corrected chi connectivity index (χ4v) is 3.13. The van der Waals surface area contributed by atoms with Crippen LogP contribution in [-0.2, 0) is 0 Å². The third-order valence-corrected chi connectivity index (χ3v) is 4.28. The summed E-state index contributed by atoms with van der Waals surface area (Å²) in [4.78, 5) is 1.00. The van der Waals surface area contributed by atoms with Crippen LogP contribution in [0.25, 0.3) is 10.1 Å². The van der Waals surface area contributed by atoms with Crippen LogP contribution in [0.5, 0.6) is 0 Å². The Hall–Kier alpha value is -1.64. The van der Waals surface area contributed by atoms with Crippen LogP contribution in [0.3, 0.4) is 0 Å². The Morgan fingerprint density at radius 2 is 1.72 bits per heavy atom. The van der Waals surface area contributed by atoms with Gasteiger partial charge in [0.25, 0.3) is 0 Å². The van der Waals surface area contributed by atoms with Gasteiger partial charge in [-0.25, -0.2) is 0 Å². The summed E-state index contributed by atoms with van der Waals surface area (Å²) in [5, 5.41) is 11.6. The van der Waals surface area contributed by atoms with Gasteiger partial charge in [-0.2, -0.15) is 0 Å². The number of fused-ring (bicyclic) bond motifs is 1. The van der Waals surface area contributed by atoms with Gasteiger partial charge < -0.3 is 5.11 Å². The fourth-order valence-electron chi connectivity index (χ4n) is 2.05. The average Bonchev–Trinajstić information content (AvgIpc) is 2.82. The van der Waals surface area contributed by atoms with Crippen molar-refractivity contribution in [2.75, 3.05) is 0 Å². The Morgan fingerprint density at radius 3 is 2.44 bits per heavy atom. The Kier molecular flexibility index (Phi) is 2.90. The summed E-state index contributed by atoms with van der Waals surface area (Å²) < 4.78 is 1.22. The van der Waals surface area contributed by atoms with E-state index in [4.69, 9.17) is 0 Å². The molecule has 0 bridgehead atoms. The fraction of sp³-hybridized carbons (Fsp3) is 0.125. The molecule has 0 aliphatic rings. The molecule has 0 fully saturated rings. The molecule has 2 heteroatoms. The second kappa shape index (κ2) is 4.56. The van der Waals surface area contributed by atoms with Gasteiger partial charge in [-0.15, -0.1) is 11.3 Å². The largest absolute Gasteiger partial charge is 0.383 e. The highest BCUT2D eigenvalue weighted by Gasteiger charge is 2.13. The highest BCUT2D eigenvalue weighted by molar-refractivity contribution is 7.19. The van der Waals surface area contributed by atoms with E-state index in [0.717, 1.165) is 10.4 Å². The van der Waals surface area contributed by atoms with Gasteiger partial charge >= 0.3 is 0 Å². The number of aryl methyl sites for hydroxylation is 1. The van der Waals surface area contributed by atoms with E-state index in [1.807, 2.05) is 36.4 Å². The molecule has 1 N–H and O–H groups in total. The summed E-state index contributed by atoms with van der Waals surface area (Å²) in [7, 11) is 0. The zero-order valence-electron chi connectivity index (χ0n) is 10.1. The number of aliphatic hydroxyl groups excluding tert-OH is 1. The van der Waals surface area contributed by atoms with Crippen molar-refractivity contribution in [1.82, 2.24) is 0 Å². The predicted octanol–water partition coefficient (Wildman–Crippen LogP) is 4.29. The zero-order valence-corrected chi connectivity index (χ0v) is 10.9. The molecule has 2 aromatic carbocycles. The normalized spacial score (nSPS) is 12.8. The molecule has 0 spiro atoms. The Balaban J connectivity index is 2.00. The van der Waals surface area contributed by atoms with Crippen molar-refractivity contribution in [2.24, 2.45) is 0 Å². The van der Waals surface area contributed by atoms with Gasteiger partial charge in [-0.1, -0.05) is 48.0 Å². The Bertz CT molecular complexity index is 634. The van der Waals surface area contributed by atoms with Crippen molar-refractivity contribution >= 4 is 21.4 Å². The van der Waals surface area contributed by atoms with Crippen molar-refractivity contribution in [3.05, 3.63) is 70.6 Å². The summed E-state index contributed by atoms with van der Waals surface area (Å²) >= 11 is 1.65. The van der Waals surface area contributed by atoms with Crippen LogP contribution < -0.4 is 0 Å². The lowest BCUT2D eigenvalue weighted by molar-refractivity contribution is 0.224. The van der Waals surface area contributed by atoms with Gasteiger partial charge in [-0.3, -0.25) is 0 Å². The zero-order chi connectivity index (χ0) is 12.5. The number of rotatable bonds is 2. The Morgan fingerprint density at radius 1 is 1.00 bits per heavy atom. The summed E-state index contributed by atoms with van der Waals surface area (Å²) in [6, 6.07) is 18.3. The molecule has 18 heavy (non-hydrogen) atoms. The Labute approximate surface area is 110 Å². The van der Waals surface area contributed by atoms with E-state index in [2.05, 4.69) is 25.1 Å². The maximum Gasteiger partial charge on any atom is 0.113 e. The molecule has 0 aliphatic heterocycles. The molecular formula is C16H14OS. The minimum absolute atomic E-state index is 0.525. The van der Waals surface area contributed by atoms with E-state index in [1.54, 1.807) is 11.3 Å². The van der Waals surface area contributed by atoms with Crippen molar-refractivity contribution in [3.8, 4) is 0 Å². The summed E-state index contributed by atoms with van der Waals surface area (Å²) in [6.45, 7) is 2.05. The number of benzene rings is 2. The lowest BCUT2D eigenvalue weighted by Gasteiger charge is -2.08. The third kappa shape index (κ3) is 2.05. The second-order valence-electron chi connectivity index (χ2n) is 4.50. The van der Waals surface area contributed by atoms with E-state index in [-0.39, 0.29) is 0 Å². The average molecular weight is 254 g/mol. The topological polar surface area (TPSA) is 20.2 Å². The van der Waals surface area contributed by atoms with Crippen LogP contribution in [0.4, 0.5) is 0 Å². The molecule has 1 unspecified atom stereocenters. The van der Waals surface area contributed by atoms with E-state index in [9.17, 15) is 5.11 Å². The predicted molar refractivity (Wildman–Crippen MR) is 77.1 cm³/mol. The maximum absolute atomic E-state index is 10.4. The molecule has 0 amide bonds. The van der Waals surface area contributed by atoms with E-state index < -0.39 is 6.10 Å². The molecule has 1 nitrogen and oxygen atoms in total. The molecule has 1 atom stereocenters. The standard InChI is InChI=1S/C16H14OS/c1-11-6-8-12(9-7-11)16(17)15-10-13-4-2-3-5-14(13)18-15/h2-10,16-17H,1H3.